The number of carbonyl (C=O) groups is 2. The van der Waals surface area contributed by atoms with Crippen molar-refractivity contribution >= 4 is 11.8 Å². The number of benzene rings is 2. The van der Waals surface area contributed by atoms with Crippen LogP contribution in [0, 0.1) is 6.92 Å². The summed E-state index contributed by atoms with van der Waals surface area (Å²) in [5, 5.41) is 0. The van der Waals surface area contributed by atoms with E-state index in [9.17, 15) is 9.59 Å². The van der Waals surface area contributed by atoms with E-state index in [1.165, 1.54) is 7.11 Å². The van der Waals surface area contributed by atoms with Gasteiger partial charge < -0.3 is 9.47 Å². The Hall–Kier alpha value is -2.62. The van der Waals surface area contributed by atoms with Crippen molar-refractivity contribution in [2.24, 2.45) is 0 Å². The molecule has 0 aliphatic rings. The van der Waals surface area contributed by atoms with Crippen molar-refractivity contribution in [1.82, 2.24) is 0 Å². The predicted octanol–water partition coefficient (Wildman–Crippen LogP) is 3.57. The highest BCUT2D eigenvalue weighted by molar-refractivity contribution is 5.97. The van der Waals surface area contributed by atoms with Gasteiger partial charge >= 0.3 is 5.97 Å². The lowest BCUT2D eigenvalue weighted by molar-refractivity contribution is -0.134. The number of para-hydroxylation sites is 2. The number of esters is 1. The Morgan fingerprint density at radius 2 is 1.55 bits per heavy atom. The second-order valence-corrected chi connectivity index (χ2v) is 4.91. The molecule has 0 aliphatic heterocycles. The Kier molecular flexibility index (Phi) is 5.31. The van der Waals surface area contributed by atoms with Crippen molar-refractivity contribution in [1.29, 1.82) is 0 Å². The van der Waals surface area contributed by atoms with Crippen molar-refractivity contribution in [3.63, 3.8) is 0 Å². The molecule has 2 rings (SSSR count). The second kappa shape index (κ2) is 7.41. The average molecular weight is 298 g/mol. The van der Waals surface area contributed by atoms with Crippen LogP contribution in [0.3, 0.4) is 0 Å². The fourth-order valence-electron chi connectivity index (χ4n) is 1.98. The van der Waals surface area contributed by atoms with Crippen LogP contribution in [0.2, 0.25) is 0 Å². The summed E-state index contributed by atoms with van der Waals surface area (Å²) >= 11 is 0. The molecule has 0 aliphatic carbocycles. The number of carbonyl (C=O) groups excluding carboxylic acids is 2. The Bertz CT molecular complexity index is 659. The van der Waals surface area contributed by atoms with Gasteiger partial charge in [0.15, 0.2) is 17.3 Å². The highest BCUT2D eigenvalue weighted by Crippen LogP contribution is 2.26. The molecule has 0 spiro atoms. The Balaban J connectivity index is 1.90. The van der Waals surface area contributed by atoms with Gasteiger partial charge in [0.05, 0.1) is 13.5 Å². The summed E-state index contributed by atoms with van der Waals surface area (Å²) in [5.41, 5.74) is 1.70. The van der Waals surface area contributed by atoms with Crippen molar-refractivity contribution in [3.8, 4) is 11.5 Å². The summed E-state index contributed by atoms with van der Waals surface area (Å²) in [6, 6.07) is 14.2. The first-order valence-electron chi connectivity index (χ1n) is 7.03. The lowest BCUT2D eigenvalue weighted by Gasteiger charge is -2.08. The van der Waals surface area contributed by atoms with Gasteiger partial charge in [-0.15, -0.1) is 0 Å². The van der Waals surface area contributed by atoms with Crippen molar-refractivity contribution in [3.05, 3.63) is 59.7 Å². The fraction of sp³-hybridized carbons (Fsp3) is 0.222. The number of rotatable bonds is 6. The summed E-state index contributed by atoms with van der Waals surface area (Å²) in [6.45, 7) is 1.96. The molecule has 22 heavy (non-hydrogen) atoms. The van der Waals surface area contributed by atoms with Crippen LogP contribution in [0.15, 0.2) is 48.5 Å². The predicted molar refractivity (Wildman–Crippen MR) is 83.4 cm³/mol. The lowest BCUT2D eigenvalue weighted by Crippen LogP contribution is -2.11. The molecule has 0 radical (unpaired) electrons. The molecular weight excluding hydrogens is 280 g/mol. The zero-order valence-electron chi connectivity index (χ0n) is 12.7. The molecule has 2 aromatic carbocycles. The van der Waals surface area contributed by atoms with Gasteiger partial charge in [-0.3, -0.25) is 9.59 Å². The normalized spacial score (nSPS) is 10.1. The zero-order valence-corrected chi connectivity index (χ0v) is 12.7. The first kappa shape index (κ1) is 15.8. The molecule has 0 saturated carbocycles. The number of hydrogen-bond donors (Lipinski definition) is 0. The lowest BCUT2D eigenvalue weighted by atomic mass is 10.1. The Morgan fingerprint density at radius 3 is 2.18 bits per heavy atom. The molecule has 0 fully saturated rings. The van der Waals surface area contributed by atoms with Crippen LogP contribution in [0.5, 0.6) is 11.5 Å². The first-order chi connectivity index (χ1) is 10.6. The SMILES string of the molecule is COc1ccccc1OC(=O)CCC(=O)c1ccc(C)cc1. The highest BCUT2D eigenvalue weighted by atomic mass is 16.6. The summed E-state index contributed by atoms with van der Waals surface area (Å²) in [7, 11) is 1.51. The smallest absolute Gasteiger partial charge is 0.311 e. The maximum atomic E-state index is 12.0. The maximum absolute atomic E-state index is 12.0. The number of ether oxygens (including phenoxy) is 2. The highest BCUT2D eigenvalue weighted by Gasteiger charge is 2.12. The number of hydrogen-bond acceptors (Lipinski definition) is 4. The molecule has 0 N–H and O–H groups in total. The van der Waals surface area contributed by atoms with E-state index in [-0.39, 0.29) is 18.6 Å². The molecule has 2 aromatic rings. The van der Waals surface area contributed by atoms with Gasteiger partial charge in [-0.1, -0.05) is 42.0 Å². The van der Waals surface area contributed by atoms with Crippen molar-refractivity contribution in [2.45, 2.75) is 19.8 Å². The van der Waals surface area contributed by atoms with Crippen LogP contribution < -0.4 is 9.47 Å². The first-order valence-corrected chi connectivity index (χ1v) is 7.03. The van der Waals surface area contributed by atoms with Crippen LogP contribution in [0.1, 0.15) is 28.8 Å². The molecule has 0 aromatic heterocycles. The minimum absolute atomic E-state index is 0.0325. The van der Waals surface area contributed by atoms with Crippen LogP contribution >= 0.6 is 0 Å². The zero-order chi connectivity index (χ0) is 15.9. The molecule has 0 unspecified atom stereocenters. The van der Waals surface area contributed by atoms with Gasteiger partial charge in [-0.2, -0.15) is 0 Å². The molecule has 0 amide bonds. The van der Waals surface area contributed by atoms with Gasteiger partial charge in [0.1, 0.15) is 0 Å². The second-order valence-electron chi connectivity index (χ2n) is 4.91. The van der Waals surface area contributed by atoms with Crippen LogP contribution in [0.25, 0.3) is 0 Å². The van der Waals surface area contributed by atoms with Gasteiger partial charge in [0.2, 0.25) is 0 Å². The van der Waals surface area contributed by atoms with Gasteiger partial charge in [0, 0.05) is 12.0 Å². The van der Waals surface area contributed by atoms with Crippen molar-refractivity contribution in [2.75, 3.05) is 7.11 Å². The minimum Gasteiger partial charge on any atom is -0.493 e. The van der Waals surface area contributed by atoms with E-state index in [0.29, 0.717) is 17.1 Å². The number of ketones is 1. The third-order valence-electron chi connectivity index (χ3n) is 3.22. The van der Waals surface area contributed by atoms with E-state index in [4.69, 9.17) is 9.47 Å². The van der Waals surface area contributed by atoms with Crippen LogP contribution in [-0.4, -0.2) is 18.9 Å². The van der Waals surface area contributed by atoms with E-state index in [1.807, 2.05) is 19.1 Å². The minimum atomic E-state index is -0.454. The van der Waals surface area contributed by atoms with E-state index in [1.54, 1.807) is 36.4 Å². The topological polar surface area (TPSA) is 52.6 Å². The number of methoxy groups -OCH3 is 1. The van der Waals surface area contributed by atoms with Crippen LogP contribution in [0.4, 0.5) is 0 Å². The Morgan fingerprint density at radius 1 is 0.909 bits per heavy atom. The molecule has 0 atom stereocenters. The molecule has 4 nitrogen and oxygen atoms in total. The van der Waals surface area contributed by atoms with Gasteiger partial charge in [-0.25, -0.2) is 0 Å². The Labute approximate surface area is 129 Å². The van der Waals surface area contributed by atoms with E-state index < -0.39 is 5.97 Å². The van der Waals surface area contributed by atoms with E-state index >= 15 is 0 Å². The molecule has 0 bridgehead atoms. The summed E-state index contributed by atoms with van der Waals surface area (Å²) in [5.74, 6) is 0.320. The largest absolute Gasteiger partial charge is 0.493 e. The molecule has 4 heteroatoms. The maximum Gasteiger partial charge on any atom is 0.311 e. The molecule has 0 saturated heterocycles. The van der Waals surface area contributed by atoms with E-state index in [0.717, 1.165) is 5.56 Å². The summed E-state index contributed by atoms with van der Waals surface area (Å²) in [6.07, 6.45) is 0.155. The third-order valence-corrected chi connectivity index (χ3v) is 3.22. The average Bonchev–Trinajstić information content (AvgIpc) is 2.54. The third kappa shape index (κ3) is 4.19. The van der Waals surface area contributed by atoms with Crippen molar-refractivity contribution < 1.29 is 19.1 Å². The number of Topliss-reactive ketones (excluding diaryl/α,β-unsaturated/α-hetero) is 1. The molecule has 114 valence electrons. The summed E-state index contributed by atoms with van der Waals surface area (Å²) < 4.78 is 10.3. The number of aryl methyl sites for hydroxylation is 1. The van der Waals surface area contributed by atoms with Gasteiger partial charge in [0.25, 0.3) is 0 Å². The fourth-order valence-corrected chi connectivity index (χ4v) is 1.98. The van der Waals surface area contributed by atoms with Crippen LogP contribution in [-0.2, 0) is 4.79 Å². The molecular formula is C18H18O4. The van der Waals surface area contributed by atoms with E-state index in [2.05, 4.69) is 0 Å². The van der Waals surface area contributed by atoms with Gasteiger partial charge in [-0.05, 0) is 19.1 Å². The molecule has 0 heterocycles. The standard InChI is InChI=1S/C18H18O4/c1-13-7-9-14(10-8-13)15(19)11-12-18(20)22-17-6-4-3-5-16(17)21-2/h3-10H,11-12H2,1-2H3. The summed E-state index contributed by atoms with van der Waals surface area (Å²) in [4.78, 5) is 23.8. The quantitative estimate of drug-likeness (QED) is 0.465. The monoisotopic (exact) mass is 298 g/mol.